The summed E-state index contributed by atoms with van der Waals surface area (Å²) < 4.78 is 6.85. The van der Waals surface area contributed by atoms with Crippen LogP contribution in [0.3, 0.4) is 0 Å². The molecular weight excluding hydrogens is 368 g/mol. The van der Waals surface area contributed by atoms with E-state index in [-0.39, 0.29) is 36.8 Å². The van der Waals surface area contributed by atoms with E-state index in [0.717, 1.165) is 12.8 Å². The van der Waals surface area contributed by atoms with Crippen LogP contribution in [0.1, 0.15) is 18.5 Å². The minimum absolute atomic E-state index is 0.0723. The Labute approximate surface area is 161 Å². The number of nitrogens with one attached hydrogen (secondary N) is 2. The Balaban J connectivity index is 1.60. The molecule has 27 heavy (non-hydrogen) atoms. The number of ether oxygens (including phenoxy) is 1. The quantitative estimate of drug-likeness (QED) is 0.559. The van der Waals surface area contributed by atoms with Gasteiger partial charge in [-0.05, 0) is 25.0 Å². The molecule has 1 aromatic heterocycles. The van der Waals surface area contributed by atoms with Gasteiger partial charge in [-0.15, -0.1) is 0 Å². The van der Waals surface area contributed by atoms with Gasteiger partial charge in [-0.1, -0.05) is 23.9 Å². The lowest BCUT2D eigenvalue weighted by Gasteiger charge is -2.11. The molecule has 1 heterocycles. The zero-order chi connectivity index (χ0) is 19.2. The highest BCUT2D eigenvalue weighted by Gasteiger charge is 2.24. The number of carbonyl (C=O) groups excluding carboxylic acids is 2. The molecule has 2 amide bonds. The fraction of sp³-hybridized carbons (Fsp3) is 0.389. The van der Waals surface area contributed by atoms with Crippen LogP contribution < -0.4 is 15.4 Å². The lowest BCUT2D eigenvalue weighted by molar-refractivity contribution is -0.122. The zero-order valence-electron chi connectivity index (χ0n) is 15.0. The number of benzene rings is 1. The lowest BCUT2D eigenvalue weighted by atomic mass is 10.3. The van der Waals surface area contributed by atoms with Gasteiger partial charge in [0.25, 0.3) is 0 Å². The Bertz CT molecular complexity index is 819. The number of aliphatic hydroxyl groups is 1. The molecule has 2 aromatic rings. The van der Waals surface area contributed by atoms with Crippen molar-refractivity contribution in [3.8, 4) is 5.75 Å². The maximum atomic E-state index is 12.3. The van der Waals surface area contributed by atoms with Gasteiger partial charge in [0.15, 0.2) is 5.16 Å². The van der Waals surface area contributed by atoms with E-state index in [1.54, 1.807) is 23.8 Å². The number of methoxy groups -OCH3 is 1. The third-order valence-electron chi connectivity index (χ3n) is 4.02. The Kier molecular flexibility index (Phi) is 6.36. The number of nitrogens with zero attached hydrogens (tertiary/aromatic N) is 2. The summed E-state index contributed by atoms with van der Waals surface area (Å²) in [6.45, 7) is -0.152. The molecule has 1 fully saturated rings. The van der Waals surface area contributed by atoms with Gasteiger partial charge in [-0.2, -0.15) is 0 Å². The fourth-order valence-electron chi connectivity index (χ4n) is 2.51. The van der Waals surface area contributed by atoms with E-state index in [4.69, 9.17) is 4.74 Å². The molecule has 1 aliphatic rings. The van der Waals surface area contributed by atoms with Gasteiger partial charge >= 0.3 is 0 Å². The zero-order valence-corrected chi connectivity index (χ0v) is 15.8. The van der Waals surface area contributed by atoms with Crippen LogP contribution in [0.5, 0.6) is 5.75 Å². The van der Waals surface area contributed by atoms with Gasteiger partial charge in [0, 0.05) is 6.04 Å². The molecule has 144 valence electrons. The second-order valence-electron chi connectivity index (χ2n) is 6.16. The number of rotatable bonds is 9. The molecule has 1 aromatic carbocycles. The Morgan fingerprint density at radius 3 is 2.81 bits per heavy atom. The van der Waals surface area contributed by atoms with Crippen LogP contribution in [0.15, 0.2) is 35.6 Å². The lowest BCUT2D eigenvalue weighted by Crippen LogP contribution is -2.30. The first-order valence-corrected chi connectivity index (χ1v) is 9.59. The van der Waals surface area contributed by atoms with E-state index in [0.29, 0.717) is 22.3 Å². The average Bonchev–Trinajstić information content (AvgIpc) is 3.39. The van der Waals surface area contributed by atoms with Crippen molar-refractivity contribution in [3.05, 3.63) is 36.2 Å². The Morgan fingerprint density at radius 2 is 2.11 bits per heavy atom. The van der Waals surface area contributed by atoms with Crippen LogP contribution in [-0.2, 0) is 22.7 Å². The van der Waals surface area contributed by atoms with Gasteiger partial charge < -0.3 is 25.0 Å². The number of imidazole rings is 1. The highest BCUT2D eigenvalue weighted by molar-refractivity contribution is 7.99. The molecule has 1 saturated carbocycles. The first-order chi connectivity index (χ1) is 13.1. The third-order valence-corrected chi connectivity index (χ3v) is 5.01. The predicted molar refractivity (Wildman–Crippen MR) is 102 cm³/mol. The van der Waals surface area contributed by atoms with E-state index in [1.807, 2.05) is 12.1 Å². The van der Waals surface area contributed by atoms with Crippen LogP contribution in [0.25, 0.3) is 0 Å². The predicted octanol–water partition coefficient (Wildman–Crippen LogP) is 1.39. The number of hydrogen-bond acceptors (Lipinski definition) is 6. The van der Waals surface area contributed by atoms with Gasteiger partial charge in [-0.3, -0.25) is 9.59 Å². The van der Waals surface area contributed by atoms with Crippen molar-refractivity contribution in [1.82, 2.24) is 14.9 Å². The van der Waals surface area contributed by atoms with Crippen molar-refractivity contribution in [3.63, 3.8) is 0 Å². The van der Waals surface area contributed by atoms with Crippen molar-refractivity contribution in [2.45, 2.75) is 37.2 Å². The number of para-hydroxylation sites is 2. The smallest absolute Gasteiger partial charge is 0.240 e. The van der Waals surface area contributed by atoms with E-state index >= 15 is 0 Å². The molecule has 0 atom stereocenters. The number of hydrogen-bond donors (Lipinski definition) is 3. The molecule has 3 N–H and O–H groups in total. The molecule has 0 radical (unpaired) electrons. The standard InChI is InChI=1S/C18H22N4O4S/c1-26-15-5-3-2-4-14(15)21-17(25)11-27-18-19-8-13(10-23)22(18)9-16(24)20-12-6-7-12/h2-5,8,12,23H,6-7,9-11H2,1H3,(H,20,24)(H,21,25). The van der Waals surface area contributed by atoms with Crippen molar-refractivity contribution in [1.29, 1.82) is 0 Å². The number of thioether (sulfide) groups is 1. The van der Waals surface area contributed by atoms with E-state index in [2.05, 4.69) is 15.6 Å². The molecule has 0 spiro atoms. The summed E-state index contributed by atoms with van der Waals surface area (Å²) in [6, 6.07) is 7.42. The number of aromatic nitrogens is 2. The second-order valence-corrected chi connectivity index (χ2v) is 7.10. The Hall–Kier alpha value is -2.52. The van der Waals surface area contributed by atoms with E-state index in [9.17, 15) is 14.7 Å². The molecular formula is C18H22N4O4S. The van der Waals surface area contributed by atoms with Crippen LogP contribution in [0.2, 0.25) is 0 Å². The normalized spacial score (nSPS) is 13.3. The summed E-state index contributed by atoms with van der Waals surface area (Å²) in [5.74, 6) is 0.360. The molecule has 0 bridgehead atoms. The molecule has 9 heteroatoms. The summed E-state index contributed by atoms with van der Waals surface area (Å²) >= 11 is 1.21. The number of anilines is 1. The summed E-state index contributed by atoms with van der Waals surface area (Å²) in [7, 11) is 1.54. The fourth-order valence-corrected chi connectivity index (χ4v) is 3.31. The number of aliphatic hydroxyl groups excluding tert-OH is 1. The minimum atomic E-state index is -0.225. The summed E-state index contributed by atoms with van der Waals surface area (Å²) in [5, 5.41) is 15.7. The summed E-state index contributed by atoms with van der Waals surface area (Å²) in [6.07, 6.45) is 3.53. The van der Waals surface area contributed by atoms with Crippen molar-refractivity contribution in [2.75, 3.05) is 18.2 Å². The second kappa shape index (κ2) is 8.92. The van der Waals surface area contributed by atoms with Crippen molar-refractivity contribution >= 4 is 29.3 Å². The average molecular weight is 390 g/mol. The first-order valence-electron chi connectivity index (χ1n) is 8.61. The van der Waals surface area contributed by atoms with E-state index < -0.39 is 0 Å². The summed E-state index contributed by atoms with van der Waals surface area (Å²) in [4.78, 5) is 28.6. The van der Waals surface area contributed by atoms with Gasteiger partial charge in [0.1, 0.15) is 12.3 Å². The topological polar surface area (TPSA) is 105 Å². The monoisotopic (exact) mass is 390 g/mol. The Morgan fingerprint density at radius 1 is 1.33 bits per heavy atom. The van der Waals surface area contributed by atoms with E-state index in [1.165, 1.54) is 18.0 Å². The molecule has 0 saturated heterocycles. The van der Waals surface area contributed by atoms with Crippen LogP contribution in [0.4, 0.5) is 5.69 Å². The largest absolute Gasteiger partial charge is 0.495 e. The van der Waals surface area contributed by atoms with Gasteiger partial charge in [-0.25, -0.2) is 4.98 Å². The first kappa shape index (κ1) is 19.2. The SMILES string of the molecule is COc1ccccc1NC(=O)CSc1ncc(CO)n1CC(=O)NC1CC1. The van der Waals surface area contributed by atoms with Gasteiger partial charge in [0.2, 0.25) is 11.8 Å². The van der Waals surface area contributed by atoms with Crippen LogP contribution >= 0.6 is 11.8 Å². The molecule has 1 aliphatic carbocycles. The highest BCUT2D eigenvalue weighted by atomic mass is 32.2. The number of amides is 2. The van der Waals surface area contributed by atoms with Crippen molar-refractivity contribution < 1.29 is 19.4 Å². The van der Waals surface area contributed by atoms with Crippen LogP contribution in [-0.4, -0.2) is 45.4 Å². The molecule has 0 aliphatic heterocycles. The minimum Gasteiger partial charge on any atom is -0.495 e. The number of carbonyl (C=O) groups is 2. The molecule has 3 rings (SSSR count). The van der Waals surface area contributed by atoms with Crippen LogP contribution in [0, 0.1) is 0 Å². The highest BCUT2D eigenvalue weighted by Crippen LogP contribution is 2.24. The van der Waals surface area contributed by atoms with Crippen molar-refractivity contribution in [2.24, 2.45) is 0 Å². The summed E-state index contributed by atoms with van der Waals surface area (Å²) in [5.41, 5.74) is 1.13. The molecule has 8 nitrogen and oxygen atoms in total. The van der Waals surface area contributed by atoms with Gasteiger partial charge in [0.05, 0.1) is 37.0 Å². The third kappa shape index (κ3) is 5.24. The maximum absolute atomic E-state index is 12.3. The maximum Gasteiger partial charge on any atom is 0.240 e. The molecule has 0 unspecified atom stereocenters.